The van der Waals surface area contributed by atoms with Crippen LogP contribution in [0.1, 0.15) is 23.2 Å². The second kappa shape index (κ2) is 5.68. The quantitative estimate of drug-likeness (QED) is 0.455. The molecule has 1 aromatic rings. The van der Waals surface area contributed by atoms with Crippen molar-refractivity contribution in [1.82, 2.24) is 4.90 Å². The van der Waals surface area contributed by atoms with Crippen molar-refractivity contribution in [3.8, 4) is 6.07 Å². The molecule has 1 atom stereocenters. The van der Waals surface area contributed by atoms with Gasteiger partial charge >= 0.3 is 0 Å². The standard InChI is InChI=1S/C13H9F5N2O/c14-8-7(9(15)11(17)12(18)10(8)16)13(21)20-3-1-2-6(4-19)5-20/h6H,1-3,5H2. The van der Waals surface area contributed by atoms with Crippen LogP contribution in [-0.4, -0.2) is 23.9 Å². The zero-order chi connectivity index (χ0) is 15.7. The molecular formula is C13H9F5N2O. The molecule has 0 aliphatic carbocycles. The molecule has 3 nitrogen and oxygen atoms in total. The van der Waals surface area contributed by atoms with Crippen molar-refractivity contribution in [1.29, 1.82) is 5.26 Å². The van der Waals surface area contributed by atoms with E-state index in [0.29, 0.717) is 12.8 Å². The van der Waals surface area contributed by atoms with E-state index >= 15 is 0 Å². The van der Waals surface area contributed by atoms with Crippen molar-refractivity contribution < 1.29 is 26.7 Å². The Morgan fingerprint density at radius 3 is 2.10 bits per heavy atom. The van der Waals surface area contributed by atoms with Crippen LogP contribution in [-0.2, 0) is 0 Å². The number of hydrogen-bond donors (Lipinski definition) is 0. The van der Waals surface area contributed by atoms with Crippen LogP contribution in [0.2, 0.25) is 0 Å². The van der Waals surface area contributed by atoms with Crippen LogP contribution in [0.4, 0.5) is 22.0 Å². The van der Waals surface area contributed by atoms with Gasteiger partial charge in [-0.05, 0) is 12.8 Å². The molecule has 0 spiro atoms. The summed E-state index contributed by atoms with van der Waals surface area (Å²) in [6.45, 7) is -0.00860. The van der Waals surface area contributed by atoms with E-state index in [0.717, 1.165) is 4.90 Å². The minimum atomic E-state index is -2.31. The van der Waals surface area contributed by atoms with E-state index in [2.05, 4.69) is 0 Å². The molecule has 1 aliphatic rings. The third-order valence-electron chi connectivity index (χ3n) is 3.31. The van der Waals surface area contributed by atoms with Crippen molar-refractivity contribution >= 4 is 5.91 Å². The first-order valence-corrected chi connectivity index (χ1v) is 6.08. The highest BCUT2D eigenvalue weighted by atomic mass is 19.2. The number of piperidine rings is 1. The smallest absolute Gasteiger partial charge is 0.260 e. The Bertz CT molecular complexity index is 611. The van der Waals surface area contributed by atoms with Crippen molar-refractivity contribution in [2.24, 2.45) is 5.92 Å². The number of halogens is 5. The van der Waals surface area contributed by atoms with E-state index in [1.807, 2.05) is 6.07 Å². The van der Waals surface area contributed by atoms with Crippen LogP contribution in [0.15, 0.2) is 0 Å². The molecule has 112 valence electrons. The maximum atomic E-state index is 13.6. The lowest BCUT2D eigenvalue weighted by Crippen LogP contribution is -2.40. The summed E-state index contributed by atoms with van der Waals surface area (Å²) in [6.07, 6.45) is 0.927. The highest BCUT2D eigenvalue weighted by molar-refractivity contribution is 5.95. The van der Waals surface area contributed by atoms with Gasteiger partial charge in [0.2, 0.25) is 5.82 Å². The van der Waals surface area contributed by atoms with Crippen LogP contribution in [0.25, 0.3) is 0 Å². The molecule has 0 saturated carbocycles. The predicted octanol–water partition coefficient (Wildman–Crippen LogP) is 2.76. The number of rotatable bonds is 1. The number of nitrogens with zero attached hydrogens (tertiary/aromatic N) is 2. The number of carbonyl (C=O) groups is 1. The molecule has 1 unspecified atom stereocenters. The lowest BCUT2D eigenvalue weighted by molar-refractivity contribution is 0.0685. The average Bonchev–Trinajstić information content (AvgIpc) is 2.51. The van der Waals surface area contributed by atoms with Crippen molar-refractivity contribution in [2.45, 2.75) is 12.8 Å². The molecule has 1 saturated heterocycles. The van der Waals surface area contributed by atoms with E-state index in [9.17, 15) is 26.7 Å². The number of nitriles is 1. The molecule has 0 bridgehead atoms. The van der Waals surface area contributed by atoms with Crippen LogP contribution in [0.3, 0.4) is 0 Å². The molecule has 1 amide bonds. The van der Waals surface area contributed by atoms with Gasteiger partial charge in [-0.3, -0.25) is 4.79 Å². The van der Waals surface area contributed by atoms with Crippen molar-refractivity contribution in [3.05, 3.63) is 34.6 Å². The van der Waals surface area contributed by atoms with E-state index < -0.39 is 46.5 Å². The second-order valence-electron chi connectivity index (χ2n) is 4.66. The third kappa shape index (κ3) is 2.55. The lowest BCUT2D eigenvalue weighted by atomic mass is 9.98. The summed E-state index contributed by atoms with van der Waals surface area (Å²) in [7, 11) is 0. The third-order valence-corrected chi connectivity index (χ3v) is 3.31. The van der Waals surface area contributed by atoms with Gasteiger partial charge in [0, 0.05) is 13.1 Å². The second-order valence-corrected chi connectivity index (χ2v) is 4.66. The molecule has 0 N–H and O–H groups in total. The largest absolute Gasteiger partial charge is 0.337 e. The maximum absolute atomic E-state index is 13.6. The Morgan fingerprint density at radius 2 is 1.57 bits per heavy atom. The minimum Gasteiger partial charge on any atom is -0.337 e. The molecule has 8 heteroatoms. The number of carbonyl (C=O) groups excluding carboxylic acids is 1. The fourth-order valence-corrected chi connectivity index (χ4v) is 2.22. The van der Waals surface area contributed by atoms with Crippen molar-refractivity contribution in [3.63, 3.8) is 0 Å². The first-order valence-electron chi connectivity index (χ1n) is 6.08. The van der Waals surface area contributed by atoms with Gasteiger partial charge in [0.05, 0.1) is 12.0 Å². The molecule has 0 aromatic heterocycles. The van der Waals surface area contributed by atoms with Crippen molar-refractivity contribution in [2.75, 3.05) is 13.1 Å². The fourth-order valence-electron chi connectivity index (χ4n) is 2.22. The molecule has 1 fully saturated rings. The average molecular weight is 304 g/mol. The van der Waals surface area contributed by atoms with Crippen LogP contribution >= 0.6 is 0 Å². The molecule has 1 heterocycles. The molecule has 0 radical (unpaired) electrons. The monoisotopic (exact) mass is 304 g/mol. The van der Waals surface area contributed by atoms with Gasteiger partial charge in [0.15, 0.2) is 23.3 Å². The summed E-state index contributed by atoms with van der Waals surface area (Å²) in [4.78, 5) is 12.9. The Kier molecular flexibility index (Phi) is 4.11. The fraction of sp³-hybridized carbons (Fsp3) is 0.385. The molecule has 1 aliphatic heterocycles. The molecule has 1 aromatic carbocycles. The SMILES string of the molecule is N#CC1CCCN(C(=O)c2c(F)c(F)c(F)c(F)c2F)C1. The summed E-state index contributed by atoms with van der Waals surface area (Å²) < 4.78 is 66.2. The minimum absolute atomic E-state index is 0.0938. The normalized spacial score (nSPS) is 18.5. The first kappa shape index (κ1) is 15.2. The summed E-state index contributed by atoms with van der Waals surface area (Å²) >= 11 is 0. The Labute approximate surface area is 116 Å². The summed E-state index contributed by atoms with van der Waals surface area (Å²) in [5.41, 5.74) is -1.48. The highest BCUT2D eigenvalue weighted by Gasteiger charge is 2.33. The summed E-state index contributed by atoms with van der Waals surface area (Å²) in [5, 5.41) is 8.79. The molecule has 2 rings (SSSR count). The molecular weight excluding hydrogens is 295 g/mol. The van der Waals surface area contributed by atoms with Crippen LogP contribution < -0.4 is 0 Å². The van der Waals surface area contributed by atoms with Gasteiger partial charge in [-0.15, -0.1) is 0 Å². The number of benzene rings is 1. The Balaban J connectivity index is 2.43. The Hall–Kier alpha value is -2.17. The number of hydrogen-bond acceptors (Lipinski definition) is 2. The maximum Gasteiger partial charge on any atom is 0.260 e. The predicted molar refractivity (Wildman–Crippen MR) is 60.5 cm³/mol. The highest BCUT2D eigenvalue weighted by Crippen LogP contribution is 2.26. The molecule has 21 heavy (non-hydrogen) atoms. The summed E-state index contributed by atoms with van der Waals surface area (Å²) in [5.74, 6) is -12.8. The number of likely N-dealkylation sites (tertiary alicyclic amines) is 1. The topological polar surface area (TPSA) is 44.1 Å². The lowest BCUT2D eigenvalue weighted by Gasteiger charge is -2.29. The van der Waals surface area contributed by atoms with E-state index in [4.69, 9.17) is 5.26 Å². The van der Waals surface area contributed by atoms with E-state index in [1.165, 1.54) is 0 Å². The van der Waals surface area contributed by atoms with Crippen LogP contribution in [0, 0.1) is 46.3 Å². The van der Waals surface area contributed by atoms with Gasteiger partial charge in [-0.25, -0.2) is 22.0 Å². The van der Waals surface area contributed by atoms with Gasteiger partial charge < -0.3 is 4.90 Å². The van der Waals surface area contributed by atoms with E-state index in [1.54, 1.807) is 0 Å². The van der Waals surface area contributed by atoms with Crippen LogP contribution in [0.5, 0.6) is 0 Å². The first-order chi connectivity index (χ1) is 9.88. The number of amides is 1. The Morgan fingerprint density at radius 1 is 1.05 bits per heavy atom. The van der Waals surface area contributed by atoms with Gasteiger partial charge in [0.1, 0.15) is 5.56 Å². The van der Waals surface area contributed by atoms with E-state index in [-0.39, 0.29) is 13.1 Å². The summed E-state index contributed by atoms with van der Waals surface area (Å²) in [6, 6.07) is 1.91. The zero-order valence-corrected chi connectivity index (χ0v) is 10.6. The van der Waals surface area contributed by atoms with Gasteiger partial charge in [-0.1, -0.05) is 0 Å². The van der Waals surface area contributed by atoms with Gasteiger partial charge in [0.25, 0.3) is 5.91 Å². The van der Waals surface area contributed by atoms with Gasteiger partial charge in [-0.2, -0.15) is 5.26 Å². The zero-order valence-electron chi connectivity index (χ0n) is 10.6.